The minimum Gasteiger partial charge on any atom is -0.444 e. The zero-order valence-electron chi connectivity index (χ0n) is 23.5. The highest BCUT2D eigenvalue weighted by Crippen LogP contribution is 2.28. The summed E-state index contributed by atoms with van der Waals surface area (Å²) in [6, 6.07) is 4.24. The summed E-state index contributed by atoms with van der Waals surface area (Å²) in [6.45, 7) is 7.49. The first kappa shape index (κ1) is 30.9. The van der Waals surface area contributed by atoms with Crippen molar-refractivity contribution in [3.63, 3.8) is 0 Å². The van der Waals surface area contributed by atoms with Crippen LogP contribution in [-0.2, 0) is 4.74 Å². The Bertz CT molecular complexity index is 1380. The SMILES string of the molecule is Cc1nsc(NC2=NC(C(F)(F)F)CN=C2)c1C(=O)Nc1ccc(C(=O)NC2CCN(C(=O)OC(C)(C)C)CC2)cc1. The molecule has 15 heteroatoms. The van der Waals surface area contributed by atoms with E-state index < -0.39 is 30.3 Å². The van der Waals surface area contributed by atoms with Crippen molar-refractivity contribution < 1.29 is 32.3 Å². The van der Waals surface area contributed by atoms with Crippen LogP contribution in [0.5, 0.6) is 0 Å². The van der Waals surface area contributed by atoms with E-state index in [1.54, 1.807) is 36.1 Å². The molecule has 1 saturated heterocycles. The molecule has 1 aromatic carbocycles. The fraction of sp³-hybridized carbons (Fsp3) is 0.481. The van der Waals surface area contributed by atoms with Crippen LogP contribution < -0.4 is 16.0 Å². The smallest absolute Gasteiger partial charge is 0.412 e. The van der Waals surface area contributed by atoms with Crippen molar-refractivity contribution in [2.75, 3.05) is 30.3 Å². The third-order valence-corrected chi connectivity index (χ3v) is 7.24. The molecule has 42 heavy (non-hydrogen) atoms. The van der Waals surface area contributed by atoms with Crippen LogP contribution in [0.3, 0.4) is 0 Å². The molecule has 2 aromatic rings. The predicted octanol–water partition coefficient (Wildman–Crippen LogP) is 4.66. The fourth-order valence-electron chi connectivity index (χ4n) is 4.26. The summed E-state index contributed by atoms with van der Waals surface area (Å²) in [4.78, 5) is 47.1. The Balaban J connectivity index is 1.32. The summed E-state index contributed by atoms with van der Waals surface area (Å²) in [5.41, 5.74) is 0.772. The highest BCUT2D eigenvalue weighted by molar-refractivity contribution is 7.11. The Hall–Kier alpha value is -4.01. The Labute approximate surface area is 244 Å². The van der Waals surface area contributed by atoms with Gasteiger partial charge in [-0.1, -0.05) is 0 Å². The maximum absolute atomic E-state index is 13.1. The standard InChI is InChI=1S/C27H32F3N7O4S/c1-15-21(24(42-36-15)35-20-14-31-13-19(34-20)27(28,29)30)23(39)33-17-7-5-16(6-8-17)22(38)32-18-9-11-37(12-10-18)25(40)41-26(2,3)4/h5-8,14,18-19H,9-13H2,1-4H3,(H,32,38)(H,33,39)(H,34,35). The number of amides is 3. The van der Waals surface area contributed by atoms with Gasteiger partial charge in [-0.05, 0) is 76.3 Å². The van der Waals surface area contributed by atoms with Crippen LogP contribution in [0.15, 0.2) is 34.3 Å². The van der Waals surface area contributed by atoms with Crippen molar-refractivity contribution in [2.45, 2.75) is 64.4 Å². The molecular weight excluding hydrogens is 575 g/mol. The maximum atomic E-state index is 13.1. The van der Waals surface area contributed by atoms with Gasteiger partial charge in [0.1, 0.15) is 16.4 Å². The molecule has 1 fully saturated rings. The highest BCUT2D eigenvalue weighted by Gasteiger charge is 2.40. The first-order chi connectivity index (χ1) is 19.7. The van der Waals surface area contributed by atoms with Crippen molar-refractivity contribution in [1.82, 2.24) is 14.6 Å². The van der Waals surface area contributed by atoms with Crippen molar-refractivity contribution >= 4 is 52.2 Å². The van der Waals surface area contributed by atoms with Gasteiger partial charge < -0.3 is 25.6 Å². The number of hydrogen-bond acceptors (Lipinski definition) is 9. The van der Waals surface area contributed by atoms with E-state index in [9.17, 15) is 27.6 Å². The van der Waals surface area contributed by atoms with Gasteiger partial charge in [0.2, 0.25) is 0 Å². The number of anilines is 2. The molecule has 1 atom stereocenters. The molecule has 3 heterocycles. The summed E-state index contributed by atoms with van der Waals surface area (Å²) in [5, 5.41) is 8.67. The highest BCUT2D eigenvalue weighted by atomic mass is 32.1. The van der Waals surface area contributed by atoms with E-state index in [2.05, 4.69) is 30.3 Å². The second-order valence-corrected chi connectivity index (χ2v) is 11.7. The quantitative estimate of drug-likeness (QED) is 0.452. The molecule has 0 aliphatic carbocycles. The number of ether oxygens (including phenoxy) is 1. The first-order valence-corrected chi connectivity index (χ1v) is 14.0. The average molecular weight is 608 g/mol. The van der Waals surface area contributed by atoms with Crippen molar-refractivity contribution in [3.05, 3.63) is 41.1 Å². The molecule has 3 amide bonds. The topological polar surface area (TPSA) is 137 Å². The van der Waals surface area contributed by atoms with Crippen LogP contribution in [-0.4, -0.2) is 82.7 Å². The van der Waals surface area contributed by atoms with E-state index >= 15 is 0 Å². The summed E-state index contributed by atoms with van der Waals surface area (Å²) in [7, 11) is 0. The molecule has 0 saturated carbocycles. The number of rotatable bonds is 5. The molecule has 1 unspecified atom stereocenters. The fourth-order valence-corrected chi connectivity index (χ4v) is 5.06. The van der Waals surface area contributed by atoms with Crippen molar-refractivity contribution in [1.29, 1.82) is 0 Å². The summed E-state index contributed by atoms with van der Waals surface area (Å²) in [5.74, 6) is -0.925. The molecule has 4 rings (SSSR count). The summed E-state index contributed by atoms with van der Waals surface area (Å²) >= 11 is 0.917. The normalized spacial score (nSPS) is 17.8. The second kappa shape index (κ2) is 12.5. The van der Waals surface area contributed by atoms with E-state index in [1.807, 2.05) is 20.8 Å². The minimum absolute atomic E-state index is 0.0965. The molecule has 226 valence electrons. The monoisotopic (exact) mass is 607 g/mol. The number of halogens is 3. The van der Waals surface area contributed by atoms with Crippen LogP contribution in [0.4, 0.5) is 28.7 Å². The van der Waals surface area contributed by atoms with Crippen LogP contribution >= 0.6 is 11.5 Å². The zero-order valence-corrected chi connectivity index (χ0v) is 24.4. The van der Waals surface area contributed by atoms with Gasteiger partial charge in [-0.3, -0.25) is 19.6 Å². The van der Waals surface area contributed by atoms with E-state index in [-0.39, 0.29) is 34.4 Å². The van der Waals surface area contributed by atoms with Gasteiger partial charge in [-0.25, -0.2) is 4.79 Å². The van der Waals surface area contributed by atoms with Crippen LogP contribution in [0.1, 0.15) is 60.0 Å². The summed E-state index contributed by atoms with van der Waals surface area (Å²) < 4.78 is 48.7. The Morgan fingerprint density at radius 1 is 1.05 bits per heavy atom. The van der Waals surface area contributed by atoms with Gasteiger partial charge in [0, 0.05) is 30.4 Å². The van der Waals surface area contributed by atoms with Gasteiger partial charge in [0.25, 0.3) is 11.8 Å². The van der Waals surface area contributed by atoms with Gasteiger partial charge in [-0.15, -0.1) is 0 Å². The number of aromatic nitrogens is 1. The molecule has 2 aliphatic rings. The van der Waals surface area contributed by atoms with Gasteiger partial charge >= 0.3 is 12.3 Å². The lowest BCUT2D eigenvalue weighted by Crippen LogP contribution is -2.47. The Morgan fingerprint density at radius 3 is 2.33 bits per heavy atom. The van der Waals surface area contributed by atoms with E-state index in [4.69, 9.17) is 4.74 Å². The van der Waals surface area contributed by atoms with Gasteiger partial charge in [0.15, 0.2) is 6.04 Å². The number of aryl methyl sites for hydroxylation is 1. The number of piperidine rings is 1. The molecule has 3 N–H and O–H groups in total. The van der Waals surface area contributed by atoms with Crippen LogP contribution in [0, 0.1) is 6.92 Å². The van der Waals surface area contributed by atoms with Crippen LogP contribution in [0.25, 0.3) is 0 Å². The Kier molecular flexibility index (Phi) is 9.18. The number of carbonyl (C=O) groups is 3. The molecule has 1 aromatic heterocycles. The number of amidine groups is 1. The van der Waals surface area contributed by atoms with Crippen molar-refractivity contribution in [2.24, 2.45) is 9.98 Å². The number of nitrogens with zero attached hydrogens (tertiary/aromatic N) is 4. The van der Waals surface area contributed by atoms with Crippen molar-refractivity contribution in [3.8, 4) is 0 Å². The third-order valence-electron chi connectivity index (χ3n) is 6.38. The predicted molar refractivity (Wildman–Crippen MR) is 154 cm³/mol. The van der Waals surface area contributed by atoms with Gasteiger partial charge in [0.05, 0.1) is 24.0 Å². The molecule has 0 radical (unpaired) electrons. The molecule has 0 spiro atoms. The lowest BCUT2D eigenvalue weighted by Gasteiger charge is -2.33. The van der Waals surface area contributed by atoms with E-state index in [0.29, 0.717) is 42.9 Å². The lowest BCUT2D eigenvalue weighted by molar-refractivity contribution is -0.144. The first-order valence-electron chi connectivity index (χ1n) is 13.3. The second-order valence-electron chi connectivity index (χ2n) is 10.9. The number of alkyl halides is 3. The van der Waals surface area contributed by atoms with Crippen LogP contribution in [0.2, 0.25) is 0 Å². The van der Waals surface area contributed by atoms with Gasteiger partial charge in [-0.2, -0.15) is 17.5 Å². The molecule has 11 nitrogen and oxygen atoms in total. The lowest BCUT2D eigenvalue weighted by atomic mass is 10.0. The number of hydrogen-bond donors (Lipinski definition) is 3. The largest absolute Gasteiger partial charge is 0.444 e. The summed E-state index contributed by atoms with van der Waals surface area (Å²) in [6.07, 6.45) is -2.52. The van der Waals surface area contributed by atoms with E-state index in [1.165, 1.54) is 6.21 Å². The molecule has 0 bridgehead atoms. The number of aliphatic imine (C=N–C) groups is 2. The number of likely N-dealkylation sites (tertiary alicyclic amines) is 1. The average Bonchev–Trinajstić information content (AvgIpc) is 3.27. The molecule has 2 aliphatic heterocycles. The zero-order chi connectivity index (χ0) is 30.7. The number of benzene rings is 1. The Morgan fingerprint density at radius 2 is 1.71 bits per heavy atom. The number of carbonyl (C=O) groups excluding carboxylic acids is 3. The minimum atomic E-state index is -4.53. The maximum Gasteiger partial charge on any atom is 0.412 e. The van der Waals surface area contributed by atoms with E-state index in [0.717, 1.165) is 11.5 Å². The molecular formula is C27H32F3N7O4S. The third kappa shape index (κ3) is 8.05. The number of nitrogens with one attached hydrogen (secondary N) is 3.